The lowest BCUT2D eigenvalue weighted by Crippen LogP contribution is -2.48. The minimum atomic E-state index is -1.48. The van der Waals surface area contributed by atoms with E-state index in [0.717, 1.165) is 29.2 Å². The molecule has 4 rings (SSSR count). The van der Waals surface area contributed by atoms with Crippen molar-refractivity contribution in [3.05, 3.63) is 59.3 Å². The van der Waals surface area contributed by atoms with Gasteiger partial charge in [-0.15, -0.1) is 0 Å². The van der Waals surface area contributed by atoms with Crippen LogP contribution < -0.4 is 15.1 Å². The summed E-state index contributed by atoms with van der Waals surface area (Å²) in [6, 6.07) is 1.90. The van der Waals surface area contributed by atoms with Gasteiger partial charge in [0, 0.05) is 31.9 Å². The third-order valence-corrected chi connectivity index (χ3v) is 5.08. The smallest absolute Gasteiger partial charge is 0.225 e. The van der Waals surface area contributed by atoms with Gasteiger partial charge >= 0.3 is 0 Å². The molecule has 1 aliphatic heterocycles. The number of benzene rings is 1. The summed E-state index contributed by atoms with van der Waals surface area (Å²) in [5.74, 6) is -2.80. The van der Waals surface area contributed by atoms with Crippen molar-refractivity contribution < 1.29 is 18.3 Å². The first-order valence-electron chi connectivity index (χ1n) is 9.77. The number of fused-ring (bicyclic) bond motifs is 1. The molecule has 11 heteroatoms. The highest BCUT2D eigenvalue weighted by Crippen LogP contribution is 2.32. The lowest BCUT2D eigenvalue weighted by molar-refractivity contribution is 0.172. The predicted octanol–water partition coefficient (Wildman–Crippen LogP) is 2.35. The van der Waals surface area contributed by atoms with E-state index in [1.54, 1.807) is 18.6 Å². The second-order valence-corrected chi connectivity index (χ2v) is 7.32. The molecular weight excluding hydrogens is 411 g/mol. The molecule has 31 heavy (non-hydrogen) atoms. The van der Waals surface area contributed by atoms with E-state index in [1.807, 2.05) is 23.8 Å². The number of nitrogens with one attached hydrogen (secondary N) is 1. The molecule has 1 aromatic carbocycles. The van der Waals surface area contributed by atoms with E-state index in [4.69, 9.17) is 0 Å². The number of aliphatic hydroxyl groups is 1. The molecule has 2 aromatic heterocycles. The van der Waals surface area contributed by atoms with Crippen molar-refractivity contribution in [2.45, 2.75) is 26.2 Å². The number of hydrogen-bond donors (Lipinski definition) is 2. The van der Waals surface area contributed by atoms with Gasteiger partial charge in [0.05, 0.1) is 25.5 Å². The number of halogens is 3. The molecule has 2 N–H and O–H groups in total. The van der Waals surface area contributed by atoms with Crippen molar-refractivity contribution in [2.24, 2.45) is 0 Å². The highest BCUT2D eigenvalue weighted by molar-refractivity contribution is 5.70. The van der Waals surface area contributed by atoms with Crippen LogP contribution >= 0.6 is 0 Å². The summed E-state index contributed by atoms with van der Waals surface area (Å²) in [5, 5.41) is 17.5. The van der Waals surface area contributed by atoms with Gasteiger partial charge in [0.25, 0.3) is 0 Å². The standard InChI is InChI=1S/C20H22F3N7O/c1-3-30-16-8-25-20(27-19(16)28(2)11-17(30)31)24-6-13-7-26-29(10-13)9-12-4-14(21)18(23)15(22)5-12/h4-5,7-8,10,17,31H,3,6,9,11H2,1-2H3,(H,24,25,27). The molecule has 0 radical (unpaired) electrons. The highest BCUT2D eigenvalue weighted by Gasteiger charge is 2.28. The number of aromatic nitrogens is 4. The van der Waals surface area contributed by atoms with E-state index in [0.29, 0.717) is 25.6 Å². The van der Waals surface area contributed by atoms with E-state index in [-0.39, 0.29) is 12.1 Å². The van der Waals surface area contributed by atoms with Crippen molar-refractivity contribution in [2.75, 3.05) is 35.3 Å². The fraction of sp³-hybridized carbons (Fsp3) is 0.350. The Morgan fingerprint density at radius 1 is 1.16 bits per heavy atom. The molecule has 3 heterocycles. The first-order valence-corrected chi connectivity index (χ1v) is 9.77. The van der Waals surface area contributed by atoms with Gasteiger partial charge in [-0.2, -0.15) is 10.1 Å². The molecule has 0 amide bonds. The monoisotopic (exact) mass is 433 g/mol. The molecule has 1 aliphatic rings. The van der Waals surface area contributed by atoms with Gasteiger partial charge in [-0.3, -0.25) is 4.68 Å². The number of likely N-dealkylation sites (N-methyl/N-ethyl adjacent to an activating group) is 2. The Hall–Kier alpha value is -3.34. The van der Waals surface area contributed by atoms with Crippen LogP contribution in [-0.4, -0.2) is 51.2 Å². The van der Waals surface area contributed by atoms with E-state index in [2.05, 4.69) is 20.4 Å². The van der Waals surface area contributed by atoms with Crippen LogP contribution in [0.3, 0.4) is 0 Å². The summed E-state index contributed by atoms with van der Waals surface area (Å²) in [6.45, 7) is 3.52. The zero-order valence-corrected chi connectivity index (χ0v) is 17.1. The summed E-state index contributed by atoms with van der Waals surface area (Å²) in [5.41, 5.74) is 1.84. The molecule has 3 aromatic rings. The average Bonchev–Trinajstić information content (AvgIpc) is 3.18. The molecular formula is C20H22F3N7O. The van der Waals surface area contributed by atoms with Crippen molar-refractivity contribution in [3.8, 4) is 0 Å². The van der Waals surface area contributed by atoms with Gasteiger partial charge in [-0.25, -0.2) is 18.2 Å². The molecule has 0 fully saturated rings. The summed E-state index contributed by atoms with van der Waals surface area (Å²) in [6.07, 6.45) is 4.39. The minimum Gasteiger partial charge on any atom is -0.372 e. The zero-order valence-electron chi connectivity index (χ0n) is 17.1. The van der Waals surface area contributed by atoms with Crippen molar-refractivity contribution in [3.63, 3.8) is 0 Å². The Morgan fingerprint density at radius 2 is 1.90 bits per heavy atom. The first kappa shape index (κ1) is 20.9. The SMILES string of the molecule is CCN1c2cnc(NCc3cnn(Cc4cc(F)c(F)c(F)c4)c3)nc2N(C)CC1O. The third kappa shape index (κ3) is 4.26. The number of β-amino-alcohol motifs (C(OH)–C–C–N with tert-alkyl or cyclic N) is 1. The van der Waals surface area contributed by atoms with Gasteiger partial charge in [0.2, 0.25) is 5.95 Å². The molecule has 1 atom stereocenters. The lowest BCUT2D eigenvalue weighted by atomic mass is 10.2. The Morgan fingerprint density at radius 3 is 2.61 bits per heavy atom. The van der Waals surface area contributed by atoms with E-state index >= 15 is 0 Å². The van der Waals surface area contributed by atoms with E-state index < -0.39 is 23.7 Å². The van der Waals surface area contributed by atoms with Crippen molar-refractivity contribution in [1.82, 2.24) is 19.7 Å². The molecule has 8 nitrogen and oxygen atoms in total. The van der Waals surface area contributed by atoms with Gasteiger partial charge in [0.1, 0.15) is 11.9 Å². The molecule has 0 saturated carbocycles. The maximum absolute atomic E-state index is 13.4. The summed E-state index contributed by atoms with van der Waals surface area (Å²) < 4.78 is 41.4. The molecule has 164 valence electrons. The second kappa shape index (κ2) is 8.42. The first-order chi connectivity index (χ1) is 14.9. The van der Waals surface area contributed by atoms with Crippen LogP contribution in [0.4, 0.5) is 30.6 Å². The summed E-state index contributed by atoms with van der Waals surface area (Å²) in [7, 11) is 1.86. The third-order valence-electron chi connectivity index (χ3n) is 5.08. The predicted molar refractivity (Wildman–Crippen MR) is 109 cm³/mol. The topological polar surface area (TPSA) is 82.3 Å². The molecule has 0 saturated heterocycles. The minimum absolute atomic E-state index is 0.101. The fourth-order valence-electron chi connectivity index (χ4n) is 3.56. The number of nitrogens with zero attached hydrogens (tertiary/aromatic N) is 6. The molecule has 0 bridgehead atoms. The van der Waals surface area contributed by atoms with Crippen LogP contribution in [0.25, 0.3) is 0 Å². The normalized spacial score (nSPS) is 15.9. The van der Waals surface area contributed by atoms with Gasteiger partial charge in [-0.1, -0.05) is 0 Å². The maximum atomic E-state index is 13.4. The number of aliphatic hydroxyl groups excluding tert-OH is 1. The van der Waals surface area contributed by atoms with Crippen molar-refractivity contribution >= 4 is 17.5 Å². The Labute approximate surface area is 177 Å². The van der Waals surface area contributed by atoms with Crippen LogP contribution in [0.5, 0.6) is 0 Å². The van der Waals surface area contributed by atoms with Crippen LogP contribution in [0, 0.1) is 17.5 Å². The number of hydrogen-bond acceptors (Lipinski definition) is 7. The van der Waals surface area contributed by atoms with Gasteiger partial charge in [-0.05, 0) is 24.6 Å². The summed E-state index contributed by atoms with van der Waals surface area (Å²) in [4.78, 5) is 12.6. The lowest BCUT2D eigenvalue weighted by Gasteiger charge is -2.39. The van der Waals surface area contributed by atoms with Crippen LogP contribution in [0.1, 0.15) is 18.1 Å². The fourth-order valence-corrected chi connectivity index (χ4v) is 3.56. The maximum Gasteiger partial charge on any atom is 0.225 e. The van der Waals surface area contributed by atoms with E-state index in [1.165, 1.54) is 4.68 Å². The Balaban J connectivity index is 1.43. The Kier molecular flexibility index (Phi) is 5.68. The Bertz CT molecular complexity index is 1070. The molecule has 1 unspecified atom stereocenters. The molecule has 0 aliphatic carbocycles. The quantitative estimate of drug-likeness (QED) is 0.578. The van der Waals surface area contributed by atoms with Crippen LogP contribution in [0.2, 0.25) is 0 Å². The number of anilines is 3. The average molecular weight is 433 g/mol. The van der Waals surface area contributed by atoms with Crippen LogP contribution in [-0.2, 0) is 13.1 Å². The largest absolute Gasteiger partial charge is 0.372 e. The number of rotatable bonds is 6. The van der Waals surface area contributed by atoms with E-state index in [9.17, 15) is 18.3 Å². The summed E-state index contributed by atoms with van der Waals surface area (Å²) >= 11 is 0. The van der Waals surface area contributed by atoms with Gasteiger partial charge < -0.3 is 20.2 Å². The zero-order chi connectivity index (χ0) is 22.1. The molecule has 0 spiro atoms. The highest BCUT2D eigenvalue weighted by atomic mass is 19.2. The van der Waals surface area contributed by atoms with Gasteiger partial charge in [0.15, 0.2) is 23.3 Å². The van der Waals surface area contributed by atoms with Crippen LogP contribution in [0.15, 0.2) is 30.7 Å². The second-order valence-electron chi connectivity index (χ2n) is 7.32. The van der Waals surface area contributed by atoms with Crippen molar-refractivity contribution in [1.29, 1.82) is 0 Å².